The first-order valence-corrected chi connectivity index (χ1v) is 6.58. The van der Waals surface area contributed by atoms with Gasteiger partial charge in [-0.05, 0) is 41.9 Å². The Hall–Kier alpha value is -1.63. The molecule has 0 unspecified atom stereocenters. The Balaban J connectivity index is 2.26. The van der Waals surface area contributed by atoms with E-state index in [9.17, 15) is 9.59 Å². The third-order valence-corrected chi connectivity index (χ3v) is 2.41. The van der Waals surface area contributed by atoms with Crippen LogP contribution in [0.15, 0.2) is 22.8 Å². The minimum atomic E-state index is -0.652. The van der Waals surface area contributed by atoms with Crippen LogP contribution in [0.3, 0.4) is 0 Å². The van der Waals surface area contributed by atoms with Gasteiger partial charge in [-0.25, -0.2) is 9.78 Å². The zero-order chi connectivity index (χ0) is 14.3. The second-order valence-corrected chi connectivity index (χ2v) is 4.92. The molecule has 7 heteroatoms. The van der Waals surface area contributed by atoms with Crippen molar-refractivity contribution >= 4 is 27.9 Å². The van der Waals surface area contributed by atoms with Crippen molar-refractivity contribution < 1.29 is 14.3 Å². The highest BCUT2D eigenvalue weighted by Crippen LogP contribution is 2.06. The number of ether oxygens (including phenoxy) is 1. The largest absolute Gasteiger partial charge is 0.443 e. The van der Waals surface area contributed by atoms with Crippen LogP contribution in [-0.2, 0) is 16.1 Å². The van der Waals surface area contributed by atoms with E-state index in [1.807, 2.05) is 13.8 Å². The number of amides is 2. The molecule has 1 rings (SSSR count). The number of hydrogen-bond donors (Lipinski definition) is 2. The number of nitrogens with zero attached hydrogens (tertiary/aromatic N) is 1. The zero-order valence-corrected chi connectivity index (χ0v) is 12.4. The molecule has 6 nitrogen and oxygen atoms in total. The minimum Gasteiger partial charge on any atom is -0.443 e. The van der Waals surface area contributed by atoms with Gasteiger partial charge >= 0.3 is 6.09 Å². The standard InChI is InChI=1S/C12H16BrN3O3/c1-8(2)15-11(17)6-14-12(18)19-7-9-4-3-5-10(13)16-9/h3-5,8H,6-7H2,1-2H3,(H,14,18)(H,15,17). The van der Waals surface area contributed by atoms with E-state index in [2.05, 4.69) is 31.5 Å². The van der Waals surface area contributed by atoms with Gasteiger partial charge in [0.1, 0.15) is 17.8 Å². The fourth-order valence-electron chi connectivity index (χ4n) is 1.25. The highest BCUT2D eigenvalue weighted by Gasteiger charge is 2.07. The summed E-state index contributed by atoms with van der Waals surface area (Å²) >= 11 is 3.22. The predicted octanol–water partition coefficient (Wildman–Crippen LogP) is 1.59. The highest BCUT2D eigenvalue weighted by atomic mass is 79.9. The number of halogens is 1. The molecule has 0 saturated heterocycles. The van der Waals surface area contributed by atoms with Crippen LogP contribution < -0.4 is 10.6 Å². The van der Waals surface area contributed by atoms with Gasteiger partial charge in [-0.3, -0.25) is 4.79 Å². The van der Waals surface area contributed by atoms with E-state index in [4.69, 9.17) is 4.74 Å². The number of pyridine rings is 1. The SMILES string of the molecule is CC(C)NC(=O)CNC(=O)OCc1cccc(Br)n1. The molecule has 0 bridgehead atoms. The van der Waals surface area contributed by atoms with Crippen LogP contribution in [0.25, 0.3) is 0 Å². The van der Waals surface area contributed by atoms with Gasteiger partial charge in [0.2, 0.25) is 5.91 Å². The molecule has 19 heavy (non-hydrogen) atoms. The number of carbonyl (C=O) groups excluding carboxylic acids is 2. The summed E-state index contributed by atoms with van der Waals surface area (Å²) in [4.78, 5) is 26.7. The van der Waals surface area contributed by atoms with Gasteiger partial charge in [0, 0.05) is 6.04 Å². The van der Waals surface area contributed by atoms with Crippen LogP contribution in [0.4, 0.5) is 4.79 Å². The summed E-state index contributed by atoms with van der Waals surface area (Å²) in [5.74, 6) is -0.257. The maximum atomic E-state index is 11.3. The Labute approximate surface area is 120 Å². The molecule has 0 radical (unpaired) electrons. The average molecular weight is 330 g/mol. The molecule has 1 aromatic rings. The lowest BCUT2D eigenvalue weighted by molar-refractivity contribution is -0.120. The van der Waals surface area contributed by atoms with Gasteiger partial charge in [0.05, 0.1) is 5.69 Å². The van der Waals surface area contributed by atoms with Gasteiger partial charge in [0.15, 0.2) is 0 Å². The molecular weight excluding hydrogens is 314 g/mol. The van der Waals surface area contributed by atoms with Gasteiger partial charge in [-0.1, -0.05) is 6.07 Å². The molecule has 2 N–H and O–H groups in total. The average Bonchev–Trinajstić information content (AvgIpc) is 2.33. The van der Waals surface area contributed by atoms with Crippen LogP contribution in [-0.4, -0.2) is 29.6 Å². The van der Waals surface area contributed by atoms with Crippen molar-refractivity contribution in [2.75, 3.05) is 6.54 Å². The Kier molecular flexibility index (Phi) is 6.27. The Morgan fingerprint density at radius 1 is 1.42 bits per heavy atom. The van der Waals surface area contributed by atoms with Crippen LogP contribution in [0.2, 0.25) is 0 Å². The number of carbonyl (C=O) groups is 2. The first-order valence-electron chi connectivity index (χ1n) is 5.79. The van der Waals surface area contributed by atoms with Crippen LogP contribution in [0.1, 0.15) is 19.5 Å². The Bertz CT molecular complexity index is 452. The molecule has 0 aliphatic carbocycles. The molecule has 0 fully saturated rings. The number of nitrogens with one attached hydrogen (secondary N) is 2. The van der Waals surface area contributed by atoms with Crippen LogP contribution >= 0.6 is 15.9 Å². The van der Waals surface area contributed by atoms with Crippen molar-refractivity contribution in [3.05, 3.63) is 28.5 Å². The molecule has 0 spiro atoms. The topological polar surface area (TPSA) is 80.3 Å². The van der Waals surface area contributed by atoms with Crippen molar-refractivity contribution in [1.29, 1.82) is 0 Å². The molecule has 1 aromatic heterocycles. The van der Waals surface area contributed by atoms with E-state index in [0.29, 0.717) is 10.3 Å². The summed E-state index contributed by atoms with van der Waals surface area (Å²) in [6.07, 6.45) is -0.652. The van der Waals surface area contributed by atoms with Crippen molar-refractivity contribution in [2.45, 2.75) is 26.5 Å². The van der Waals surface area contributed by atoms with Crippen LogP contribution in [0, 0.1) is 0 Å². The van der Waals surface area contributed by atoms with Gasteiger partial charge in [-0.2, -0.15) is 0 Å². The fourth-order valence-corrected chi connectivity index (χ4v) is 1.63. The molecular formula is C12H16BrN3O3. The van der Waals surface area contributed by atoms with Gasteiger partial charge < -0.3 is 15.4 Å². The van der Waals surface area contributed by atoms with Crippen LogP contribution in [0.5, 0.6) is 0 Å². The van der Waals surface area contributed by atoms with Gasteiger partial charge in [0.25, 0.3) is 0 Å². The molecule has 2 amide bonds. The predicted molar refractivity (Wildman–Crippen MR) is 73.4 cm³/mol. The lowest BCUT2D eigenvalue weighted by Crippen LogP contribution is -2.39. The van der Waals surface area contributed by atoms with Crippen molar-refractivity contribution in [1.82, 2.24) is 15.6 Å². The smallest absolute Gasteiger partial charge is 0.407 e. The molecule has 0 aliphatic heterocycles. The van der Waals surface area contributed by atoms with E-state index in [1.54, 1.807) is 18.2 Å². The quantitative estimate of drug-likeness (QED) is 0.804. The number of aromatic nitrogens is 1. The van der Waals surface area contributed by atoms with Gasteiger partial charge in [-0.15, -0.1) is 0 Å². The molecule has 104 valence electrons. The molecule has 0 aliphatic rings. The summed E-state index contributed by atoms with van der Waals surface area (Å²) < 4.78 is 5.60. The van der Waals surface area contributed by atoms with Crippen molar-refractivity contribution in [3.8, 4) is 0 Å². The summed E-state index contributed by atoms with van der Waals surface area (Å²) in [6, 6.07) is 5.35. The summed E-state index contributed by atoms with van der Waals surface area (Å²) in [5.41, 5.74) is 0.621. The van der Waals surface area contributed by atoms with Crippen molar-refractivity contribution in [3.63, 3.8) is 0 Å². The normalized spacial score (nSPS) is 10.1. The van der Waals surface area contributed by atoms with E-state index < -0.39 is 6.09 Å². The van der Waals surface area contributed by atoms with E-state index in [1.165, 1.54) is 0 Å². The maximum absolute atomic E-state index is 11.3. The van der Waals surface area contributed by atoms with E-state index in [0.717, 1.165) is 0 Å². The minimum absolute atomic E-state index is 0.0381. The summed E-state index contributed by atoms with van der Waals surface area (Å²) in [6.45, 7) is 3.63. The lowest BCUT2D eigenvalue weighted by Gasteiger charge is -2.09. The monoisotopic (exact) mass is 329 g/mol. The first kappa shape index (κ1) is 15.4. The first-order chi connectivity index (χ1) is 8.97. The number of hydrogen-bond acceptors (Lipinski definition) is 4. The second-order valence-electron chi connectivity index (χ2n) is 4.10. The maximum Gasteiger partial charge on any atom is 0.407 e. The molecule has 1 heterocycles. The molecule has 0 aromatic carbocycles. The second kappa shape index (κ2) is 7.73. The summed E-state index contributed by atoms with van der Waals surface area (Å²) in [7, 11) is 0. The third-order valence-electron chi connectivity index (χ3n) is 1.97. The zero-order valence-electron chi connectivity index (χ0n) is 10.8. The lowest BCUT2D eigenvalue weighted by atomic mass is 10.4. The Morgan fingerprint density at radius 2 is 2.16 bits per heavy atom. The Morgan fingerprint density at radius 3 is 2.79 bits per heavy atom. The fraction of sp³-hybridized carbons (Fsp3) is 0.417. The van der Waals surface area contributed by atoms with E-state index >= 15 is 0 Å². The third kappa shape index (κ3) is 6.76. The number of rotatable bonds is 5. The molecule has 0 atom stereocenters. The highest BCUT2D eigenvalue weighted by molar-refractivity contribution is 9.10. The van der Waals surface area contributed by atoms with Crippen molar-refractivity contribution in [2.24, 2.45) is 0 Å². The molecule has 0 saturated carbocycles. The van der Waals surface area contributed by atoms with E-state index in [-0.39, 0.29) is 25.1 Å². The number of alkyl carbamates (subject to hydrolysis) is 1. The summed E-state index contributed by atoms with van der Waals surface area (Å²) in [5, 5.41) is 5.01.